The number of hydrogen-bond donors (Lipinski definition) is 0. The summed E-state index contributed by atoms with van der Waals surface area (Å²) in [7, 11) is 0. The highest BCUT2D eigenvalue weighted by atomic mass is 15.1. The van der Waals surface area contributed by atoms with E-state index in [1.165, 1.54) is 22.4 Å². The number of rotatable bonds is 3. The zero-order valence-corrected chi connectivity index (χ0v) is 11.3. The molecular formula is C18H19N. The largest absolute Gasteiger partial charge is 0.367 e. The van der Waals surface area contributed by atoms with Crippen LogP contribution in [0.3, 0.4) is 0 Å². The van der Waals surface area contributed by atoms with Gasteiger partial charge in [0.15, 0.2) is 0 Å². The van der Waals surface area contributed by atoms with Crippen LogP contribution in [0.4, 0.5) is 5.69 Å². The molecule has 0 N–H and O–H groups in total. The first-order chi connectivity index (χ1) is 9.31. The van der Waals surface area contributed by atoms with E-state index in [1.54, 1.807) is 0 Å². The Morgan fingerprint density at radius 3 is 2.68 bits per heavy atom. The summed E-state index contributed by atoms with van der Waals surface area (Å²) in [6.45, 7) is 8.19. The maximum atomic E-state index is 3.86. The van der Waals surface area contributed by atoms with E-state index in [9.17, 15) is 0 Å². The van der Waals surface area contributed by atoms with Crippen LogP contribution in [-0.4, -0.2) is 13.1 Å². The standard InChI is InChI=1S/C18H19N/c1-3-12-19-13-14(2)18-16(10-7-11-17(18)19)15-8-5-4-6-9-15/h3-11,14H,1,12-13H2,2H3. The van der Waals surface area contributed by atoms with Crippen molar-refractivity contribution in [3.05, 3.63) is 66.7 Å². The molecule has 3 rings (SSSR count). The summed E-state index contributed by atoms with van der Waals surface area (Å²) in [5, 5.41) is 0. The average Bonchev–Trinajstić information content (AvgIpc) is 2.77. The van der Waals surface area contributed by atoms with Crippen LogP contribution in [0.5, 0.6) is 0 Å². The Labute approximate surface area is 115 Å². The highest BCUT2D eigenvalue weighted by Gasteiger charge is 2.27. The molecule has 2 aromatic rings. The quantitative estimate of drug-likeness (QED) is 0.726. The number of nitrogens with zero attached hydrogens (tertiary/aromatic N) is 1. The highest BCUT2D eigenvalue weighted by Crippen LogP contribution is 2.42. The third-order valence-corrected chi connectivity index (χ3v) is 3.85. The summed E-state index contributed by atoms with van der Waals surface area (Å²) < 4.78 is 0. The molecule has 1 unspecified atom stereocenters. The predicted octanol–water partition coefficient (Wildman–Crippen LogP) is 4.46. The molecule has 0 aliphatic carbocycles. The van der Waals surface area contributed by atoms with Crippen LogP contribution in [0.1, 0.15) is 18.4 Å². The summed E-state index contributed by atoms with van der Waals surface area (Å²) in [6.07, 6.45) is 1.98. The van der Waals surface area contributed by atoms with Crippen molar-refractivity contribution in [1.29, 1.82) is 0 Å². The third kappa shape index (κ3) is 2.06. The first kappa shape index (κ1) is 12.0. The SMILES string of the molecule is C=CCN1CC(C)c2c(-c3ccccc3)cccc21. The van der Waals surface area contributed by atoms with E-state index in [2.05, 4.69) is 66.9 Å². The Balaban J connectivity index is 2.12. The third-order valence-electron chi connectivity index (χ3n) is 3.85. The average molecular weight is 249 g/mol. The molecule has 0 saturated carbocycles. The molecule has 19 heavy (non-hydrogen) atoms. The second-order valence-corrected chi connectivity index (χ2v) is 5.20. The molecule has 0 spiro atoms. The van der Waals surface area contributed by atoms with Crippen molar-refractivity contribution in [2.75, 3.05) is 18.0 Å². The van der Waals surface area contributed by atoms with Crippen LogP contribution < -0.4 is 4.90 Å². The fourth-order valence-corrected chi connectivity index (χ4v) is 3.07. The molecule has 1 aliphatic heterocycles. The van der Waals surface area contributed by atoms with Gasteiger partial charge >= 0.3 is 0 Å². The fourth-order valence-electron chi connectivity index (χ4n) is 3.07. The summed E-state index contributed by atoms with van der Waals surface area (Å²) in [6, 6.07) is 17.3. The van der Waals surface area contributed by atoms with E-state index in [0.29, 0.717) is 5.92 Å². The molecule has 0 amide bonds. The highest BCUT2D eigenvalue weighted by molar-refractivity contribution is 5.77. The molecule has 2 aromatic carbocycles. The summed E-state index contributed by atoms with van der Waals surface area (Å²) in [5.41, 5.74) is 5.54. The van der Waals surface area contributed by atoms with Crippen LogP contribution >= 0.6 is 0 Å². The van der Waals surface area contributed by atoms with E-state index in [4.69, 9.17) is 0 Å². The van der Waals surface area contributed by atoms with Gasteiger partial charge in [0, 0.05) is 24.7 Å². The zero-order valence-electron chi connectivity index (χ0n) is 11.3. The van der Waals surface area contributed by atoms with Gasteiger partial charge in [-0.15, -0.1) is 6.58 Å². The molecule has 1 nitrogen and oxygen atoms in total. The van der Waals surface area contributed by atoms with Gasteiger partial charge in [-0.2, -0.15) is 0 Å². The second-order valence-electron chi connectivity index (χ2n) is 5.20. The lowest BCUT2D eigenvalue weighted by Gasteiger charge is -2.17. The monoisotopic (exact) mass is 249 g/mol. The Morgan fingerprint density at radius 1 is 1.16 bits per heavy atom. The van der Waals surface area contributed by atoms with Gasteiger partial charge in [-0.1, -0.05) is 55.5 Å². The Bertz CT molecular complexity index is 586. The smallest absolute Gasteiger partial charge is 0.0411 e. The minimum Gasteiger partial charge on any atom is -0.367 e. The van der Waals surface area contributed by atoms with Crippen molar-refractivity contribution in [1.82, 2.24) is 0 Å². The minimum atomic E-state index is 0.575. The molecule has 0 fully saturated rings. The van der Waals surface area contributed by atoms with E-state index >= 15 is 0 Å². The van der Waals surface area contributed by atoms with Crippen LogP contribution in [0.15, 0.2) is 61.2 Å². The molecule has 0 saturated heterocycles. The maximum absolute atomic E-state index is 3.86. The predicted molar refractivity (Wildman–Crippen MR) is 82.7 cm³/mol. The first-order valence-electron chi connectivity index (χ1n) is 6.85. The number of hydrogen-bond acceptors (Lipinski definition) is 1. The molecule has 1 heterocycles. The molecular weight excluding hydrogens is 230 g/mol. The maximum Gasteiger partial charge on any atom is 0.0411 e. The van der Waals surface area contributed by atoms with E-state index in [1.807, 2.05) is 6.08 Å². The van der Waals surface area contributed by atoms with Crippen LogP contribution in [0.2, 0.25) is 0 Å². The molecule has 0 radical (unpaired) electrons. The molecule has 1 heteroatoms. The number of benzene rings is 2. The van der Waals surface area contributed by atoms with Crippen LogP contribution in [0.25, 0.3) is 11.1 Å². The van der Waals surface area contributed by atoms with Crippen molar-refractivity contribution in [3.8, 4) is 11.1 Å². The van der Waals surface area contributed by atoms with Crippen molar-refractivity contribution in [3.63, 3.8) is 0 Å². The minimum absolute atomic E-state index is 0.575. The lowest BCUT2D eigenvalue weighted by atomic mass is 9.93. The fraction of sp³-hybridized carbons (Fsp3) is 0.222. The van der Waals surface area contributed by atoms with Gasteiger partial charge in [-0.05, 0) is 22.8 Å². The van der Waals surface area contributed by atoms with Gasteiger partial charge in [0.2, 0.25) is 0 Å². The lowest BCUT2D eigenvalue weighted by Crippen LogP contribution is -2.20. The van der Waals surface area contributed by atoms with E-state index < -0.39 is 0 Å². The van der Waals surface area contributed by atoms with E-state index in [0.717, 1.165) is 13.1 Å². The van der Waals surface area contributed by atoms with Gasteiger partial charge in [0.25, 0.3) is 0 Å². The Morgan fingerprint density at radius 2 is 1.95 bits per heavy atom. The van der Waals surface area contributed by atoms with Gasteiger partial charge in [-0.3, -0.25) is 0 Å². The second kappa shape index (κ2) is 4.93. The summed E-state index contributed by atoms with van der Waals surface area (Å²) >= 11 is 0. The molecule has 1 atom stereocenters. The molecule has 96 valence electrons. The van der Waals surface area contributed by atoms with Crippen molar-refractivity contribution in [2.45, 2.75) is 12.8 Å². The summed E-state index contributed by atoms with van der Waals surface area (Å²) in [4.78, 5) is 2.42. The number of anilines is 1. The topological polar surface area (TPSA) is 3.24 Å². The molecule has 0 aromatic heterocycles. The Hall–Kier alpha value is -2.02. The van der Waals surface area contributed by atoms with Crippen molar-refractivity contribution in [2.24, 2.45) is 0 Å². The lowest BCUT2D eigenvalue weighted by molar-refractivity contribution is 0.778. The van der Waals surface area contributed by atoms with Crippen LogP contribution in [-0.2, 0) is 0 Å². The van der Waals surface area contributed by atoms with Gasteiger partial charge in [0.1, 0.15) is 0 Å². The van der Waals surface area contributed by atoms with Crippen molar-refractivity contribution >= 4 is 5.69 Å². The summed E-state index contributed by atoms with van der Waals surface area (Å²) in [5.74, 6) is 0.575. The Kier molecular flexibility index (Phi) is 3.12. The van der Waals surface area contributed by atoms with Gasteiger partial charge in [-0.25, -0.2) is 0 Å². The molecule has 1 aliphatic rings. The van der Waals surface area contributed by atoms with E-state index in [-0.39, 0.29) is 0 Å². The van der Waals surface area contributed by atoms with Gasteiger partial charge < -0.3 is 4.90 Å². The first-order valence-corrected chi connectivity index (χ1v) is 6.85. The van der Waals surface area contributed by atoms with Crippen molar-refractivity contribution < 1.29 is 0 Å². The van der Waals surface area contributed by atoms with Gasteiger partial charge in [0.05, 0.1) is 0 Å². The van der Waals surface area contributed by atoms with Crippen LogP contribution in [0, 0.1) is 0 Å². The number of fused-ring (bicyclic) bond motifs is 1. The zero-order chi connectivity index (χ0) is 13.2. The normalized spacial score (nSPS) is 17.3. The molecule has 0 bridgehead atoms.